The quantitative estimate of drug-likeness (QED) is 0.671. The number of rotatable bonds is 1. The molecule has 0 aromatic carbocycles. The zero-order valence-electron chi connectivity index (χ0n) is 9.91. The number of H-pyrrole nitrogens is 2. The maximum atomic E-state index is 11.9. The van der Waals surface area contributed by atoms with Crippen molar-refractivity contribution in [2.75, 3.05) is 0 Å². The first-order valence-electron chi connectivity index (χ1n) is 5.61. The average Bonchev–Trinajstić information content (AvgIpc) is 2.86. The third kappa shape index (κ3) is 1.80. The zero-order chi connectivity index (χ0) is 12.7. The van der Waals surface area contributed by atoms with E-state index in [0.29, 0.717) is 5.22 Å². The van der Waals surface area contributed by atoms with Gasteiger partial charge in [0.25, 0.3) is 5.56 Å². The van der Waals surface area contributed by atoms with Gasteiger partial charge in [0.2, 0.25) is 0 Å². The topological polar surface area (TPSA) is 48.6 Å². The van der Waals surface area contributed by atoms with Crippen LogP contribution in [0.5, 0.6) is 0 Å². The van der Waals surface area contributed by atoms with Crippen molar-refractivity contribution in [3.63, 3.8) is 0 Å². The van der Waals surface area contributed by atoms with E-state index in [4.69, 9.17) is 0 Å². The molecule has 0 saturated heterocycles. The Kier molecular flexibility index (Phi) is 2.45. The maximum absolute atomic E-state index is 11.9. The first-order chi connectivity index (χ1) is 8.63. The van der Waals surface area contributed by atoms with Crippen LogP contribution in [0, 0.1) is 17.6 Å². The molecule has 4 heteroatoms. The molecule has 0 saturated carbocycles. The van der Waals surface area contributed by atoms with E-state index in [0.717, 1.165) is 20.9 Å². The second-order valence-electron chi connectivity index (χ2n) is 4.23. The molecule has 1 aromatic heterocycles. The molecule has 0 spiro atoms. The van der Waals surface area contributed by atoms with Crippen LogP contribution in [0.2, 0.25) is 0 Å². The Morgan fingerprint density at radius 1 is 1.22 bits per heavy atom. The molecule has 2 aliphatic heterocycles. The number of aromatic amines is 2. The minimum absolute atomic E-state index is 0.0714. The largest absolute Gasteiger partial charge is 0.354 e. The molecule has 2 aliphatic rings. The van der Waals surface area contributed by atoms with Crippen molar-refractivity contribution < 1.29 is 0 Å². The molecule has 3 heterocycles. The fourth-order valence-corrected chi connectivity index (χ4v) is 2.79. The van der Waals surface area contributed by atoms with Crippen molar-refractivity contribution in [3.05, 3.63) is 65.6 Å². The van der Waals surface area contributed by atoms with Crippen molar-refractivity contribution in [1.82, 2.24) is 9.97 Å². The van der Waals surface area contributed by atoms with Crippen LogP contribution in [0.25, 0.3) is 12.7 Å². The predicted octanol–water partition coefficient (Wildman–Crippen LogP) is 1.04. The lowest BCUT2D eigenvalue weighted by molar-refractivity contribution is 1.15. The van der Waals surface area contributed by atoms with E-state index < -0.39 is 0 Å². The molecular formula is C14H12N2OS. The van der Waals surface area contributed by atoms with E-state index in [2.05, 4.69) is 23.5 Å². The summed E-state index contributed by atoms with van der Waals surface area (Å²) < 4.78 is 0. The van der Waals surface area contributed by atoms with Crippen molar-refractivity contribution >= 4 is 24.0 Å². The van der Waals surface area contributed by atoms with Crippen molar-refractivity contribution in [3.8, 4) is 0 Å². The second-order valence-corrected chi connectivity index (χ2v) is 5.55. The lowest BCUT2D eigenvalue weighted by Gasteiger charge is -1.86. The van der Waals surface area contributed by atoms with E-state index in [9.17, 15) is 4.79 Å². The summed E-state index contributed by atoms with van der Waals surface area (Å²) >= 11 is 1.67. The maximum Gasteiger partial charge on any atom is 0.257 e. The molecule has 0 unspecified atom stereocenters. The molecule has 0 amide bonds. The highest BCUT2D eigenvalue weighted by atomic mass is 32.1. The Labute approximate surface area is 107 Å². The number of nitrogens with one attached hydrogen (secondary N) is 2. The van der Waals surface area contributed by atoms with Crippen molar-refractivity contribution in [2.24, 2.45) is 0 Å². The second kappa shape index (κ2) is 3.99. The van der Waals surface area contributed by atoms with Crippen LogP contribution in [-0.4, -0.2) is 9.97 Å². The molecule has 0 atom stereocenters. The minimum Gasteiger partial charge on any atom is -0.354 e. The molecule has 3 rings (SSSR count). The molecule has 2 N–H and O–H groups in total. The molecule has 90 valence electrons. The zero-order valence-corrected chi connectivity index (χ0v) is 10.7. The summed E-state index contributed by atoms with van der Waals surface area (Å²) in [6.45, 7) is 5.90. The van der Waals surface area contributed by atoms with Gasteiger partial charge in [0.1, 0.15) is 0 Å². The fraction of sp³-hybridized carbons (Fsp3) is 0.0714. The molecule has 0 radical (unpaired) electrons. The van der Waals surface area contributed by atoms with Gasteiger partial charge < -0.3 is 9.97 Å². The summed E-state index contributed by atoms with van der Waals surface area (Å²) in [5.74, 6) is 0. The molecule has 0 fully saturated rings. The number of hydrogen-bond donors (Lipinski definition) is 2. The molecule has 3 nitrogen and oxygen atoms in total. The first kappa shape index (κ1) is 11.0. The Hall–Kier alpha value is -2.07. The molecule has 1 aromatic rings. The Morgan fingerprint density at radius 2 is 2.06 bits per heavy atom. The van der Waals surface area contributed by atoms with Gasteiger partial charge in [-0.05, 0) is 37.3 Å². The van der Waals surface area contributed by atoms with Crippen LogP contribution >= 0.6 is 11.3 Å². The van der Waals surface area contributed by atoms with Gasteiger partial charge in [-0.1, -0.05) is 6.58 Å². The fourth-order valence-electron chi connectivity index (χ4n) is 1.97. The van der Waals surface area contributed by atoms with Crippen LogP contribution in [0.3, 0.4) is 0 Å². The molecule has 0 aliphatic carbocycles. The smallest absolute Gasteiger partial charge is 0.257 e. The lowest BCUT2D eigenvalue weighted by atomic mass is 10.3. The summed E-state index contributed by atoms with van der Waals surface area (Å²) in [4.78, 5) is 20.2. The van der Waals surface area contributed by atoms with Gasteiger partial charge in [-0.2, -0.15) is 0 Å². The monoisotopic (exact) mass is 256 g/mol. The van der Waals surface area contributed by atoms with E-state index in [-0.39, 0.29) is 5.56 Å². The lowest BCUT2D eigenvalue weighted by Crippen LogP contribution is -2.23. The molecular weight excluding hydrogens is 244 g/mol. The number of thiophene rings is 1. The normalized spacial score (nSPS) is 12.4. The summed E-state index contributed by atoms with van der Waals surface area (Å²) in [6, 6.07) is 7.78. The Morgan fingerprint density at radius 3 is 2.78 bits per heavy atom. The summed E-state index contributed by atoms with van der Waals surface area (Å²) in [5.41, 5.74) is -0.0714. The number of hydrogen-bond acceptors (Lipinski definition) is 2. The van der Waals surface area contributed by atoms with Crippen LogP contribution in [0.1, 0.15) is 9.75 Å². The Bertz CT molecular complexity index is 929. The van der Waals surface area contributed by atoms with Crippen LogP contribution in [0.15, 0.2) is 29.1 Å². The highest BCUT2D eigenvalue weighted by Gasteiger charge is 2.00. The first-order valence-corrected chi connectivity index (χ1v) is 6.43. The number of aryl methyl sites for hydroxylation is 1. The third-order valence-electron chi connectivity index (χ3n) is 2.82. The van der Waals surface area contributed by atoms with Crippen LogP contribution < -0.4 is 16.1 Å². The standard InChI is InChI=1S/C14H12N2OS/c1-8-3-6-12-13(15-8)11(14(17)16-12)7-10-5-4-9(2)18-10/h3-7,15H,1H2,2H3,(H,16,17). The average molecular weight is 256 g/mol. The van der Waals surface area contributed by atoms with Crippen LogP contribution in [-0.2, 0) is 0 Å². The Balaban J connectivity index is 2.42. The van der Waals surface area contributed by atoms with Gasteiger partial charge in [0, 0.05) is 15.1 Å². The van der Waals surface area contributed by atoms with E-state index in [1.54, 1.807) is 11.3 Å². The molecule has 0 bridgehead atoms. The van der Waals surface area contributed by atoms with E-state index in [1.807, 2.05) is 30.3 Å². The van der Waals surface area contributed by atoms with E-state index >= 15 is 0 Å². The van der Waals surface area contributed by atoms with Gasteiger partial charge >= 0.3 is 0 Å². The van der Waals surface area contributed by atoms with Crippen molar-refractivity contribution in [2.45, 2.75) is 6.92 Å². The van der Waals surface area contributed by atoms with E-state index in [1.165, 1.54) is 4.88 Å². The summed E-state index contributed by atoms with van der Waals surface area (Å²) in [5, 5.41) is 3.08. The van der Waals surface area contributed by atoms with Gasteiger partial charge in [-0.3, -0.25) is 4.79 Å². The van der Waals surface area contributed by atoms with Crippen LogP contribution in [0.4, 0.5) is 0 Å². The van der Waals surface area contributed by atoms with Crippen molar-refractivity contribution in [1.29, 1.82) is 0 Å². The minimum atomic E-state index is -0.0714. The summed E-state index contributed by atoms with van der Waals surface area (Å²) in [7, 11) is 0. The van der Waals surface area contributed by atoms with Gasteiger partial charge in [0.05, 0.1) is 15.9 Å². The summed E-state index contributed by atoms with van der Waals surface area (Å²) in [6.07, 6.45) is 1.91. The highest BCUT2D eigenvalue weighted by molar-refractivity contribution is 7.12. The highest BCUT2D eigenvalue weighted by Crippen LogP contribution is 2.14. The van der Waals surface area contributed by atoms with Gasteiger partial charge in [-0.15, -0.1) is 11.3 Å². The number of aromatic nitrogens is 2. The SMILES string of the molecule is C=c1ccc2[nH]c(=O)c(=Cc3ccc(C)s3)c=2[nH]1. The molecule has 18 heavy (non-hydrogen) atoms. The van der Waals surface area contributed by atoms with Gasteiger partial charge in [0.15, 0.2) is 0 Å². The van der Waals surface area contributed by atoms with Gasteiger partial charge in [-0.25, -0.2) is 0 Å². The predicted molar refractivity (Wildman–Crippen MR) is 74.1 cm³/mol. The third-order valence-corrected chi connectivity index (χ3v) is 3.76.